The summed E-state index contributed by atoms with van der Waals surface area (Å²) in [6.07, 6.45) is -2.53. The first kappa shape index (κ1) is 15.6. The van der Waals surface area contributed by atoms with Gasteiger partial charge in [0.15, 0.2) is 0 Å². The largest absolute Gasteiger partial charge is 0.332 e. The lowest BCUT2D eigenvalue weighted by atomic mass is 10.1. The maximum absolute atomic E-state index is 12.4. The Kier molecular flexibility index (Phi) is 6.21. The van der Waals surface area contributed by atoms with Gasteiger partial charge in [0.25, 0.3) is 12.3 Å². The number of aryl methyl sites for hydroxylation is 1. The molecular weight excluding hydrogens is 372 g/mol. The Bertz CT molecular complexity index is 427. The van der Waals surface area contributed by atoms with E-state index in [1.54, 1.807) is 18.2 Å². The number of carbonyl (C=O) groups excluding carboxylic acids is 1. The Morgan fingerprint density at radius 3 is 2.61 bits per heavy atom. The van der Waals surface area contributed by atoms with Gasteiger partial charge in [-0.25, -0.2) is 8.78 Å². The van der Waals surface area contributed by atoms with Crippen LogP contribution in [0.2, 0.25) is 0 Å². The van der Waals surface area contributed by atoms with E-state index < -0.39 is 13.0 Å². The first-order valence-corrected chi connectivity index (χ1v) is 7.26. The molecule has 0 N–H and O–H groups in total. The lowest BCUT2D eigenvalue weighted by molar-refractivity contribution is 0.0572. The van der Waals surface area contributed by atoms with Crippen LogP contribution < -0.4 is 0 Å². The van der Waals surface area contributed by atoms with Gasteiger partial charge in [0.05, 0.1) is 6.54 Å². The molecule has 0 aliphatic rings. The van der Waals surface area contributed by atoms with Crippen molar-refractivity contribution in [2.75, 3.05) is 18.4 Å². The van der Waals surface area contributed by atoms with Crippen LogP contribution in [0.15, 0.2) is 22.7 Å². The quantitative estimate of drug-likeness (QED) is 0.706. The molecule has 0 spiro atoms. The number of carbonyl (C=O) groups is 1. The Hall–Kier alpha value is -0.490. The Labute approximate surface area is 122 Å². The van der Waals surface area contributed by atoms with Crippen LogP contribution in [0, 0.1) is 6.92 Å². The molecule has 1 rings (SSSR count). The summed E-state index contributed by atoms with van der Waals surface area (Å²) in [5, 5.41) is 0.471. The Balaban J connectivity index is 2.90. The van der Waals surface area contributed by atoms with Crippen molar-refractivity contribution >= 4 is 37.8 Å². The first-order chi connectivity index (χ1) is 8.45. The summed E-state index contributed by atoms with van der Waals surface area (Å²) in [6, 6.07) is 5.09. The molecule has 2 nitrogen and oxygen atoms in total. The minimum atomic E-state index is -2.53. The van der Waals surface area contributed by atoms with Crippen LogP contribution in [-0.4, -0.2) is 35.7 Å². The van der Waals surface area contributed by atoms with Gasteiger partial charge in [0, 0.05) is 21.9 Å². The van der Waals surface area contributed by atoms with Crippen molar-refractivity contribution in [1.82, 2.24) is 4.90 Å². The van der Waals surface area contributed by atoms with E-state index in [0.29, 0.717) is 10.9 Å². The topological polar surface area (TPSA) is 20.3 Å². The van der Waals surface area contributed by atoms with Gasteiger partial charge in [0.2, 0.25) is 0 Å². The van der Waals surface area contributed by atoms with E-state index in [-0.39, 0.29) is 12.5 Å². The molecule has 18 heavy (non-hydrogen) atoms. The van der Waals surface area contributed by atoms with E-state index in [1.807, 2.05) is 6.92 Å². The second-order valence-electron chi connectivity index (χ2n) is 3.80. The summed E-state index contributed by atoms with van der Waals surface area (Å²) in [5.74, 6) is -0.379. The number of amides is 1. The number of hydrogen-bond acceptors (Lipinski definition) is 1. The molecule has 0 aromatic heterocycles. The molecule has 1 amide bonds. The minimum absolute atomic E-state index is 0.259. The van der Waals surface area contributed by atoms with Crippen LogP contribution in [0.25, 0.3) is 0 Å². The highest BCUT2D eigenvalue weighted by molar-refractivity contribution is 9.10. The molecule has 0 aliphatic heterocycles. The van der Waals surface area contributed by atoms with E-state index >= 15 is 0 Å². The predicted octanol–water partition coefficient (Wildman–Crippen LogP) is 3.86. The van der Waals surface area contributed by atoms with Crippen molar-refractivity contribution in [3.63, 3.8) is 0 Å². The third-order valence-corrected chi connectivity index (χ3v) is 3.63. The minimum Gasteiger partial charge on any atom is -0.332 e. The fourth-order valence-electron chi connectivity index (χ4n) is 1.45. The lowest BCUT2D eigenvalue weighted by Gasteiger charge is -2.21. The zero-order valence-electron chi connectivity index (χ0n) is 9.80. The van der Waals surface area contributed by atoms with Crippen molar-refractivity contribution in [2.24, 2.45) is 0 Å². The van der Waals surface area contributed by atoms with Crippen LogP contribution >= 0.6 is 31.9 Å². The molecular formula is C12H13Br2F2NO. The average molecular weight is 385 g/mol. The average Bonchev–Trinajstić information content (AvgIpc) is 2.31. The number of halogens is 4. The van der Waals surface area contributed by atoms with Crippen LogP contribution in [0.4, 0.5) is 8.78 Å². The molecule has 0 unspecified atom stereocenters. The molecule has 1 aromatic carbocycles. The maximum atomic E-state index is 12.4. The molecule has 0 bridgehead atoms. The number of nitrogens with zero attached hydrogens (tertiary/aromatic N) is 1. The molecule has 0 atom stereocenters. The smallest absolute Gasteiger partial charge is 0.255 e. The molecule has 0 saturated heterocycles. The van der Waals surface area contributed by atoms with E-state index in [2.05, 4.69) is 31.9 Å². The van der Waals surface area contributed by atoms with E-state index in [1.165, 1.54) is 0 Å². The van der Waals surface area contributed by atoms with Gasteiger partial charge < -0.3 is 4.90 Å². The second-order valence-corrected chi connectivity index (χ2v) is 5.44. The van der Waals surface area contributed by atoms with Crippen molar-refractivity contribution < 1.29 is 13.6 Å². The van der Waals surface area contributed by atoms with Gasteiger partial charge in [-0.15, -0.1) is 0 Å². The van der Waals surface area contributed by atoms with Gasteiger partial charge in [-0.1, -0.05) is 37.9 Å². The SMILES string of the molecule is Cc1ccc(C(=O)N(CCBr)CC(F)F)cc1Br. The Morgan fingerprint density at radius 2 is 2.11 bits per heavy atom. The predicted molar refractivity (Wildman–Crippen MR) is 74.6 cm³/mol. The van der Waals surface area contributed by atoms with Crippen LogP contribution in [0.5, 0.6) is 0 Å². The molecule has 0 heterocycles. The summed E-state index contributed by atoms with van der Waals surface area (Å²) >= 11 is 6.48. The zero-order valence-corrected chi connectivity index (χ0v) is 13.0. The summed E-state index contributed by atoms with van der Waals surface area (Å²) < 4.78 is 25.6. The number of rotatable bonds is 5. The monoisotopic (exact) mass is 383 g/mol. The van der Waals surface area contributed by atoms with Crippen molar-refractivity contribution in [3.8, 4) is 0 Å². The number of hydrogen-bond donors (Lipinski definition) is 0. The summed E-state index contributed by atoms with van der Waals surface area (Å²) in [6.45, 7) is 1.61. The summed E-state index contributed by atoms with van der Waals surface area (Å²) in [4.78, 5) is 13.2. The van der Waals surface area contributed by atoms with Gasteiger partial charge in [0.1, 0.15) is 0 Å². The molecule has 6 heteroatoms. The molecule has 0 aliphatic carbocycles. The molecule has 0 fully saturated rings. The van der Waals surface area contributed by atoms with Gasteiger partial charge in [-0.2, -0.15) is 0 Å². The van der Waals surface area contributed by atoms with Crippen LogP contribution in [0.3, 0.4) is 0 Å². The first-order valence-electron chi connectivity index (χ1n) is 5.35. The van der Waals surface area contributed by atoms with E-state index in [9.17, 15) is 13.6 Å². The lowest BCUT2D eigenvalue weighted by Crippen LogP contribution is -2.36. The second kappa shape index (κ2) is 7.19. The van der Waals surface area contributed by atoms with Crippen molar-refractivity contribution in [3.05, 3.63) is 33.8 Å². The highest BCUT2D eigenvalue weighted by atomic mass is 79.9. The molecule has 100 valence electrons. The van der Waals surface area contributed by atoms with Gasteiger partial charge >= 0.3 is 0 Å². The summed E-state index contributed by atoms with van der Waals surface area (Å²) in [5.41, 5.74) is 1.40. The zero-order chi connectivity index (χ0) is 13.7. The fourth-order valence-corrected chi connectivity index (χ4v) is 2.26. The molecule has 0 radical (unpaired) electrons. The standard InChI is InChI=1S/C12H13Br2F2NO/c1-8-2-3-9(6-10(8)14)12(18)17(5-4-13)7-11(15)16/h2-3,6,11H,4-5,7H2,1H3. The van der Waals surface area contributed by atoms with Crippen LogP contribution in [-0.2, 0) is 0 Å². The Morgan fingerprint density at radius 1 is 1.44 bits per heavy atom. The highest BCUT2D eigenvalue weighted by Crippen LogP contribution is 2.19. The third-order valence-electron chi connectivity index (χ3n) is 2.42. The maximum Gasteiger partial charge on any atom is 0.255 e. The van der Waals surface area contributed by atoms with E-state index in [0.717, 1.165) is 14.9 Å². The van der Waals surface area contributed by atoms with E-state index in [4.69, 9.17) is 0 Å². The molecule has 1 aromatic rings. The third kappa shape index (κ3) is 4.31. The van der Waals surface area contributed by atoms with Gasteiger partial charge in [-0.3, -0.25) is 4.79 Å². The van der Waals surface area contributed by atoms with Gasteiger partial charge in [-0.05, 0) is 24.6 Å². The molecule has 0 saturated carbocycles. The fraction of sp³-hybridized carbons (Fsp3) is 0.417. The van der Waals surface area contributed by atoms with Crippen LogP contribution in [0.1, 0.15) is 15.9 Å². The van der Waals surface area contributed by atoms with Crippen molar-refractivity contribution in [2.45, 2.75) is 13.3 Å². The normalized spacial score (nSPS) is 10.8. The highest BCUT2D eigenvalue weighted by Gasteiger charge is 2.19. The number of benzene rings is 1. The number of alkyl halides is 3. The summed E-state index contributed by atoms with van der Waals surface area (Å²) in [7, 11) is 0. The van der Waals surface area contributed by atoms with Crippen molar-refractivity contribution in [1.29, 1.82) is 0 Å².